The molecular formula is C24H22N4O3S. The third-order valence-electron chi connectivity index (χ3n) is 5.30. The van der Waals surface area contributed by atoms with Crippen molar-refractivity contribution < 1.29 is 14.4 Å². The summed E-state index contributed by atoms with van der Waals surface area (Å²) in [5.74, 6) is -0.889. The smallest absolute Gasteiger partial charge is 0.261 e. The number of thiocarbonyl (C=S) groups is 1. The maximum absolute atomic E-state index is 13.0. The van der Waals surface area contributed by atoms with E-state index in [-0.39, 0.29) is 22.8 Å². The first kappa shape index (κ1) is 21.5. The topological polar surface area (TPSA) is 90.5 Å². The Morgan fingerprint density at radius 2 is 1.66 bits per heavy atom. The van der Waals surface area contributed by atoms with Gasteiger partial charge in [0, 0.05) is 34.0 Å². The van der Waals surface area contributed by atoms with Crippen LogP contribution in [0.15, 0.2) is 60.7 Å². The van der Waals surface area contributed by atoms with E-state index in [0.717, 1.165) is 12.8 Å². The minimum atomic E-state index is -0.329. The van der Waals surface area contributed by atoms with Gasteiger partial charge in [-0.05, 0) is 49.0 Å². The van der Waals surface area contributed by atoms with Crippen molar-refractivity contribution in [3.63, 3.8) is 0 Å². The van der Waals surface area contributed by atoms with E-state index in [9.17, 15) is 14.4 Å². The van der Waals surface area contributed by atoms with Gasteiger partial charge in [0.05, 0.1) is 5.69 Å². The minimum Gasteiger partial charge on any atom is -0.298 e. The highest BCUT2D eigenvalue weighted by molar-refractivity contribution is 7.80. The van der Waals surface area contributed by atoms with Crippen LogP contribution in [0.1, 0.15) is 50.8 Å². The number of hydrogen-bond donors (Lipinski definition) is 3. The first-order valence-electron chi connectivity index (χ1n) is 10.4. The fourth-order valence-corrected chi connectivity index (χ4v) is 3.84. The van der Waals surface area contributed by atoms with E-state index >= 15 is 0 Å². The van der Waals surface area contributed by atoms with E-state index in [1.165, 1.54) is 4.90 Å². The molecule has 3 aromatic carbocycles. The molecule has 0 radical (unpaired) electrons. The zero-order chi connectivity index (χ0) is 22.7. The lowest BCUT2D eigenvalue weighted by atomic mass is 9.93. The molecule has 8 heteroatoms. The fourth-order valence-electron chi connectivity index (χ4n) is 3.69. The molecule has 4 rings (SSSR count). The van der Waals surface area contributed by atoms with Crippen molar-refractivity contribution in [2.45, 2.75) is 19.8 Å². The lowest BCUT2D eigenvalue weighted by Crippen LogP contribution is -2.42. The molecule has 0 unspecified atom stereocenters. The van der Waals surface area contributed by atoms with E-state index in [0.29, 0.717) is 39.7 Å². The van der Waals surface area contributed by atoms with E-state index < -0.39 is 0 Å². The molecule has 1 aliphatic heterocycles. The summed E-state index contributed by atoms with van der Waals surface area (Å²) in [5, 5.41) is 4.02. The van der Waals surface area contributed by atoms with Crippen LogP contribution in [-0.2, 0) is 0 Å². The monoisotopic (exact) mass is 446 g/mol. The minimum absolute atomic E-state index is 0.0946. The molecule has 0 saturated carbocycles. The molecule has 7 nitrogen and oxygen atoms in total. The van der Waals surface area contributed by atoms with Gasteiger partial charge in [0.15, 0.2) is 5.11 Å². The zero-order valence-electron chi connectivity index (χ0n) is 17.5. The average molecular weight is 447 g/mol. The second-order valence-corrected chi connectivity index (χ2v) is 7.81. The van der Waals surface area contributed by atoms with Crippen LogP contribution in [0.25, 0.3) is 10.8 Å². The summed E-state index contributed by atoms with van der Waals surface area (Å²) in [4.78, 5) is 39.5. The van der Waals surface area contributed by atoms with Crippen molar-refractivity contribution in [3.05, 3.63) is 77.4 Å². The Balaban J connectivity index is 1.55. The molecular weight excluding hydrogens is 424 g/mol. The molecule has 0 spiro atoms. The molecule has 3 N–H and O–H groups in total. The Hall–Kier alpha value is -3.78. The first-order chi connectivity index (χ1) is 15.5. The molecule has 1 aliphatic rings. The Bertz CT molecular complexity index is 1200. The maximum Gasteiger partial charge on any atom is 0.261 e. The van der Waals surface area contributed by atoms with Gasteiger partial charge < -0.3 is 0 Å². The molecule has 3 amide bonds. The van der Waals surface area contributed by atoms with Crippen molar-refractivity contribution in [2.75, 3.05) is 12.0 Å². The predicted molar refractivity (Wildman–Crippen MR) is 127 cm³/mol. The number of hydrogen-bond acceptors (Lipinski definition) is 5. The lowest BCUT2D eigenvalue weighted by Gasteiger charge is -2.28. The van der Waals surface area contributed by atoms with Gasteiger partial charge in [0.2, 0.25) is 0 Å². The molecule has 0 fully saturated rings. The number of hydrazine groups is 1. The van der Waals surface area contributed by atoms with Crippen molar-refractivity contribution >= 4 is 51.5 Å². The lowest BCUT2D eigenvalue weighted by molar-refractivity contribution is 0.0608. The van der Waals surface area contributed by atoms with E-state index in [1.807, 2.05) is 19.1 Å². The highest BCUT2D eigenvalue weighted by atomic mass is 32.1. The van der Waals surface area contributed by atoms with Crippen LogP contribution in [0.4, 0.5) is 5.69 Å². The summed E-state index contributed by atoms with van der Waals surface area (Å²) in [5.41, 5.74) is 7.89. The van der Waals surface area contributed by atoms with Gasteiger partial charge in [-0.15, -0.1) is 0 Å². The van der Waals surface area contributed by atoms with Crippen LogP contribution in [0.2, 0.25) is 0 Å². The van der Waals surface area contributed by atoms with Gasteiger partial charge in [-0.2, -0.15) is 0 Å². The molecule has 0 aromatic heterocycles. The highest BCUT2D eigenvalue weighted by Gasteiger charge is 2.32. The molecule has 0 bridgehead atoms. The number of benzene rings is 3. The number of carbonyl (C=O) groups excluding carboxylic acids is 3. The van der Waals surface area contributed by atoms with Gasteiger partial charge in [-0.1, -0.05) is 43.7 Å². The van der Waals surface area contributed by atoms with Gasteiger partial charge in [-0.3, -0.25) is 35.5 Å². The van der Waals surface area contributed by atoms with Gasteiger partial charge in [-0.25, -0.2) is 0 Å². The number of amides is 3. The molecule has 0 aliphatic carbocycles. The third kappa shape index (κ3) is 4.04. The van der Waals surface area contributed by atoms with Crippen LogP contribution in [0.5, 0.6) is 0 Å². The second-order valence-electron chi connectivity index (χ2n) is 7.40. The molecule has 0 atom stereocenters. The Labute approximate surface area is 190 Å². The van der Waals surface area contributed by atoms with E-state index in [1.54, 1.807) is 48.5 Å². The predicted octanol–water partition coefficient (Wildman–Crippen LogP) is 3.87. The zero-order valence-corrected chi connectivity index (χ0v) is 18.3. The van der Waals surface area contributed by atoms with Crippen LogP contribution in [-0.4, -0.2) is 34.3 Å². The van der Waals surface area contributed by atoms with Crippen molar-refractivity contribution in [1.29, 1.82) is 0 Å². The molecule has 0 saturated heterocycles. The number of nitrogens with zero attached hydrogens (tertiary/aromatic N) is 1. The number of nitrogens with one attached hydrogen (secondary N) is 3. The van der Waals surface area contributed by atoms with Gasteiger partial charge in [0.25, 0.3) is 17.7 Å². The van der Waals surface area contributed by atoms with Crippen LogP contribution in [0.3, 0.4) is 0 Å². The van der Waals surface area contributed by atoms with E-state index in [4.69, 9.17) is 12.2 Å². The quantitative estimate of drug-likeness (QED) is 0.303. The van der Waals surface area contributed by atoms with Crippen LogP contribution < -0.4 is 16.2 Å². The van der Waals surface area contributed by atoms with Crippen molar-refractivity contribution in [1.82, 2.24) is 15.6 Å². The van der Waals surface area contributed by atoms with Gasteiger partial charge >= 0.3 is 0 Å². The Morgan fingerprint density at radius 1 is 0.938 bits per heavy atom. The molecule has 32 heavy (non-hydrogen) atoms. The summed E-state index contributed by atoms with van der Waals surface area (Å²) >= 11 is 5.21. The number of imide groups is 1. The summed E-state index contributed by atoms with van der Waals surface area (Å²) < 4.78 is 0. The third-order valence-corrected chi connectivity index (χ3v) is 5.50. The number of unbranched alkanes of at least 4 members (excludes halogenated alkanes) is 1. The normalized spacial score (nSPS) is 12.6. The largest absolute Gasteiger partial charge is 0.298 e. The Kier molecular flexibility index (Phi) is 6.13. The Morgan fingerprint density at radius 3 is 2.38 bits per heavy atom. The second kappa shape index (κ2) is 9.15. The standard InChI is InChI=1S/C24H22N4O3S/c1-2-3-14-28-22(30)17-11-7-10-16-19(13-12-18(20(16)17)23(28)31)26-27-24(32)25-21(29)15-8-5-4-6-9-15/h4-13,26H,2-3,14H2,1H3,(H2,25,27,29,32). The first-order valence-corrected chi connectivity index (χ1v) is 10.8. The molecule has 3 aromatic rings. The fraction of sp³-hybridized carbons (Fsp3) is 0.167. The summed E-state index contributed by atoms with van der Waals surface area (Å²) in [6.45, 7) is 2.42. The van der Waals surface area contributed by atoms with Crippen molar-refractivity contribution in [2.24, 2.45) is 0 Å². The van der Waals surface area contributed by atoms with E-state index in [2.05, 4.69) is 16.2 Å². The van der Waals surface area contributed by atoms with Crippen LogP contribution >= 0.6 is 12.2 Å². The highest BCUT2D eigenvalue weighted by Crippen LogP contribution is 2.34. The molecule has 1 heterocycles. The van der Waals surface area contributed by atoms with Gasteiger partial charge in [0.1, 0.15) is 0 Å². The molecule has 162 valence electrons. The summed E-state index contributed by atoms with van der Waals surface area (Å²) in [6.07, 6.45) is 1.65. The SMILES string of the molecule is CCCCN1C(=O)c2cccc3c(NNC(=S)NC(=O)c4ccccc4)ccc(c23)C1=O. The maximum atomic E-state index is 13.0. The van der Waals surface area contributed by atoms with Crippen molar-refractivity contribution in [3.8, 4) is 0 Å². The van der Waals surface area contributed by atoms with Crippen LogP contribution in [0, 0.1) is 0 Å². The average Bonchev–Trinajstić information content (AvgIpc) is 2.81. The summed E-state index contributed by atoms with van der Waals surface area (Å²) in [6, 6.07) is 17.6. The number of rotatable bonds is 6. The number of carbonyl (C=O) groups is 3. The summed E-state index contributed by atoms with van der Waals surface area (Å²) in [7, 11) is 0. The number of anilines is 1.